The Morgan fingerprint density at radius 1 is 1.38 bits per heavy atom. The second kappa shape index (κ2) is 6.68. The lowest BCUT2D eigenvalue weighted by Crippen LogP contribution is -2.75. The number of carbonyl (C=O) groups is 2. The second-order valence-corrected chi connectivity index (χ2v) is 6.91. The number of benzene rings is 1. The van der Waals surface area contributed by atoms with Gasteiger partial charge in [-0.15, -0.1) is 0 Å². The molecule has 1 aromatic carbocycles. The average molecular weight is 335 g/mol. The van der Waals surface area contributed by atoms with Crippen LogP contribution in [0, 0.1) is 5.41 Å². The summed E-state index contributed by atoms with van der Waals surface area (Å²) in [6.45, 7) is 6.97. The van der Waals surface area contributed by atoms with E-state index < -0.39 is 17.2 Å². The maximum absolute atomic E-state index is 12.8. The van der Waals surface area contributed by atoms with Gasteiger partial charge in [-0.05, 0) is 18.2 Å². The molecule has 0 bridgehead atoms. The molecule has 1 heterocycles. The van der Waals surface area contributed by atoms with Crippen molar-refractivity contribution in [3.05, 3.63) is 29.8 Å². The van der Waals surface area contributed by atoms with Crippen molar-refractivity contribution in [3.63, 3.8) is 0 Å². The summed E-state index contributed by atoms with van der Waals surface area (Å²) in [6, 6.07) is 6.79. The van der Waals surface area contributed by atoms with E-state index in [9.17, 15) is 14.7 Å². The Bertz CT molecular complexity index is 627. The summed E-state index contributed by atoms with van der Waals surface area (Å²) in [5, 5.41) is 15.8. The van der Waals surface area contributed by atoms with Gasteiger partial charge in [0.25, 0.3) is 5.91 Å². The van der Waals surface area contributed by atoms with Crippen LogP contribution in [0.4, 0.5) is 4.79 Å². The van der Waals surface area contributed by atoms with Gasteiger partial charge in [-0.2, -0.15) is 0 Å². The lowest BCUT2D eigenvalue weighted by atomic mass is 9.77. The van der Waals surface area contributed by atoms with Gasteiger partial charge in [0.1, 0.15) is 11.4 Å². The number of amides is 2. The maximum Gasteiger partial charge on any atom is 0.409 e. The largest absolute Gasteiger partial charge is 0.497 e. The van der Waals surface area contributed by atoms with E-state index in [1.807, 2.05) is 20.8 Å². The van der Waals surface area contributed by atoms with Crippen LogP contribution < -0.4 is 15.4 Å². The smallest absolute Gasteiger partial charge is 0.409 e. The summed E-state index contributed by atoms with van der Waals surface area (Å²) in [5.41, 5.74) is -1.13. The van der Waals surface area contributed by atoms with Gasteiger partial charge in [0.05, 0.1) is 7.11 Å². The number of carboxylic acid groups (broad SMARTS) is 1. The second-order valence-electron chi connectivity index (χ2n) is 6.91. The monoisotopic (exact) mass is 335 g/mol. The minimum Gasteiger partial charge on any atom is -0.497 e. The summed E-state index contributed by atoms with van der Waals surface area (Å²) in [6.07, 6.45) is -1.04. The number of piperazine rings is 1. The van der Waals surface area contributed by atoms with Crippen LogP contribution in [0.15, 0.2) is 24.3 Å². The molecule has 0 aromatic heterocycles. The lowest BCUT2D eigenvalue weighted by Gasteiger charge is -2.53. The third-order valence-electron chi connectivity index (χ3n) is 4.48. The molecule has 7 heteroatoms. The molecule has 24 heavy (non-hydrogen) atoms. The highest BCUT2D eigenvalue weighted by Gasteiger charge is 2.51. The van der Waals surface area contributed by atoms with Gasteiger partial charge in [-0.3, -0.25) is 9.69 Å². The van der Waals surface area contributed by atoms with E-state index in [1.54, 1.807) is 24.3 Å². The van der Waals surface area contributed by atoms with E-state index >= 15 is 0 Å². The molecule has 132 valence electrons. The highest BCUT2D eigenvalue weighted by Crippen LogP contribution is 2.35. The molecule has 0 radical (unpaired) electrons. The fourth-order valence-corrected chi connectivity index (χ4v) is 3.00. The SMILES string of the molecule is COc1cccc(C(=O)NC2(C(C)(C)C)CNCCN2C(=O)O)c1. The van der Waals surface area contributed by atoms with E-state index in [0.29, 0.717) is 30.9 Å². The molecule has 0 saturated carbocycles. The zero-order chi connectivity index (χ0) is 18.0. The third-order valence-corrected chi connectivity index (χ3v) is 4.48. The maximum atomic E-state index is 12.8. The van der Waals surface area contributed by atoms with E-state index in [1.165, 1.54) is 12.0 Å². The number of methoxy groups -OCH3 is 1. The van der Waals surface area contributed by atoms with Crippen LogP contribution in [-0.4, -0.2) is 54.4 Å². The van der Waals surface area contributed by atoms with Crippen molar-refractivity contribution in [1.82, 2.24) is 15.5 Å². The third kappa shape index (κ3) is 3.31. The van der Waals surface area contributed by atoms with Gasteiger partial charge in [-0.1, -0.05) is 26.8 Å². The van der Waals surface area contributed by atoms with Crippen molar-refractivity contribution in [3.8, 4) is 5.75 Å². The molecular formula is C17H25N3O4. The highest BCUT2D eigenvalue weighted by atomic mass is 16.5. The predicted molar refractivity (Wildman–Crippen MR) is 90.2 cm³/mol. The number of hydrogen-bond donors (Lipinski definition) is 3. The van der Waals surface area contributed by atoms with Crippen LogP contribution in [0.25, 0.3) is 0 Å². The Morgan fingerprint density at radius 2 is 2.08 bits per heavy atom. The van der Waals surface area contributed by atoms with Crippen molar-refractivity contribution in [1.29, 1.82) is 0 Å². The standard InChI is InChI=1S/C17H25N3O4/c1-16(2,3)17(11-18-8-9-20(17)15(22)23)19-14(21)12-6-5-7-13(10-12)24-4/h5-7,10,18H,8-9,11H2,1-4H3,(H,19,21)(H,22,23). The number of nitrogens with one attached hydrogen (secondary N) is 2. The fraction of sp³-hybridized carbons (Fsp3) is 0.529. The van der Waals surface area contributed by atoms with Crippen molar-refractivity contribution in [2.24, 2.45) is 5.41 Å². The van der Waals surface area contributed by atoms with Crippen LogP contribution in [0.3, 0.4) is 0 Å². The summed E-state index contributed by atoms with van der Waals surface area (Å²) < 4.78 is 5.15. The topological polar surface area (TPSA) is 90.9 Å². The van der Waals surface area contributed by atoms with E-state index in [-0.39, 0.29) is 5.91 Å². The van der Waals surface area contributed by atoms with Gasteiger partial charge < -0.3 is 20.5 Å². The Kier molecular flexibility index (Phi) is 5.03. The molecular weight excluding hydrogens is 310 g/mol. The van der Waals surface area contributed by atoms with Crippen molar-refractivity contribution < 1.29 is 19.4 Å². The molecule has 7 nitrogen and oxygen atoms in total. The predicted octanol–water partition coefficient (Wildman–Crippen LogP) is 1.75. The Hall–Kier alpha value is -2.28. The van der Waals surface area contributed by atoms with Crippen LogP contribution in [0.1, 0.15) is 31.1 Å². The molecule has 1 unspecified atom stereocenters. The number of hydrogen-bond acceptors (Lipinski definition) is 4. The first kappa shape index (κ1) is 18.1. The molecule has 1 aliphatic heterocycles. The van der Waals surface area contributed by atoms with Crippen molar-refractivity contribution in [2.45, 2.75) is 26.4 Å². The Morgan fingerprint density at radius 3 is 2.67 bits per heavy atom. The molecule has 2 amide bonds. The Balaban J connectivity index is 2.38. The first-order chi connectivity index (χ1) is 11.2. The summed E-state index contributed by atoms with van der Waals surface area (Å²) in [5.74, 6) is 0.239. The fourth-order valence-electron chi connectivity index (χ4n) is 3.00. The van der Waals surface area contributed by atoms with Crippen LogP contribution >= 0.6 is 0 Å². The minimum atomic E-state index is -1.04. The number of ether oxygens (including phenoxy) is 1. The number of rotatable bonds is 3. The molecule has 0 spiro atoms. The molecule has 1 aromatic rings. The van der Waals surface area contributed by atoms with Crippen LogP contribution in [0.5, 0.6) is 5.75 Å². The molecule has 0 aliphatic carbocycles. The van der Waals surface area contributed by atoms with Crippen molar-refractivity contribution in [2.75, 3.05) is 26.7 Å². The number of nitrogens with zero attached hydrogens (tertiary/aromatic N) is 1. The minimum absolute atomic E-state index is 0.311. The van der Waals surface area contributed by atoms with Crippen molar-refractivity contribution >= 4 is 12.0 Å². The van der Waals surface area contributed by atoms with Gasteiger partial charge in [-0.25, -0.2) is 4.79 Å². The normalized spacial score (nSPS) is 21.2. The molecule has 1 atom stereocenters. The molecule has 1 saturated heterocycles. The molecule has 2 rings (SSSR count). The number of carbonyl (C=O) groups excluding carboxylic acids is 1. The first-order valence-corrected chi connectivity index (χ1v) is 7.89. The zero-order valence-corrected chi connectivity index (χ0v) is 14.5. The first-order valence-electron chi connectivity index (χ1n) is 7.89. The van der Waals surface area contributed by atoms with Crippen LogP contribution in [-0.2, 0) is 0 Å². The van der Waals surface area contributed by atoms with E-state index in [4.69, 9.17) is 4.74 Å². The molecule has 1 fully saturated rings. The lowest BCUT2D eigenvalue weighted by molar-refractivity contribution is -0.0333. The molecule has 1 aliphatic rings. The van der Waals surface area contributed by atoms with Gasteiger partial charge in [0, 0.05) is 30.6 Å². The highest BCUT2D eigenvalue weighted by molar-refractivity contribution is 5.95. The zero-order valence-electron chi connectivity index (χ0n) is 14.5. The summed E-state index contributed by atoms with van der Waals surface area (Å²) >= 11 is 0. The summed E-state index contributed by atoms with van der Waals surface area (Å²) in [4.78, 5) is 25.9. The van der Waals surface area contributed by atoms with Gasteiger partial charge in [0.2, 0.25) is 0 Å². The molecule has 3 N–H and O–H groups in total. The summed E-state index contributed by atoms with van der Waals surface area (Å²) in [7, 11) is 1.53. The Labute approximate surface area is 142 Å². The van der Waals surface area contributed by atoms with Gasteiger partial charge in [0.15, 0.2) is 0 Å². The van der Waals surface area contributed by atoms with Gasteiger partial charge >= 0.3 is 6.09 Å². The quantitative estimate of drug-likeness (QED) is 0.783. The average Bonchev–Trinajstić information content (AvgIpc) is 2.54. The van der Waals surface area contributed by atoms with Crippen LogP contribution in [0.2, 0.25) is 0 Å². The van der Waals surface area contributed by atoms with E-state index in [0.717, 1.165) is 0 Å². The van der Waals surface area contributed by atoms with E-state index in [2.05, 4.69) is 10.6 Å².